The number of hydrogen-bond donors (Lipinski definition) is 1. The van der Waals surface area contributed by atoms with Crippen LogP contribution in [0, 0.1) is 5.92 Å². The van der Waals surface area contributed by atoms with Crippen molar-refractivity contribution in [1.29, 1.82) is 0 Å². The third kappa shape index (κ3) is 5.33. The van der Waals surface area contributed by atoms with E-state index in [4.69, 9.17) is 0 Å². The molecule has 106 valence electrons. The van der Waals surface area contributed by atoms with Gasteiger partial charge in [-0.2, -0.15) is 0 Å². The summed E-state index contributed by atoms with van der Waals surface area (Å²) < 4.78 is 0. The van der Waals surface area contributed by atoms with Crippen molar-refractivity contribution in [2.45, 2.75) is 45.7 Å². The number of rotatable bonds is 8. The molecule has 0 radical (unpaired) electrons. The minimum absolute atomic E-state index is 0.730. The Balaban J connectivity index is 1.86. The van der Waals surface area contributed by atoms with Crippen molar-refractivity contribution in [1.82, 2.24) is 10.2 Å². The molecule has 1 saturated carbocycles. The highest BCUT2D eigenvalue weighted by atomic mass is 15.1. The molecule has 2 heteroatoms. The maximum atomic E-state index is 3.60. The van der Waals surface area contributed by atoms with Gasteiger partial charge in [-0.3, -0.25) is 0 Å². The highest BCUT2D eigenvalue weighted by molar-refractivity contribution is 5.27. The topological polar surface area (TPSA) is 15.3 Å². The molecule has 1 fully saturated rings. The molecule has 0 amide bonds. The zero-order valence-electron chi connectivity index (χ0n) is 12.7. The third-order valence-electron chi connectivity index (χ3n) is 3.64. The van der Waals surface area contributed by atoms with Crippen molar-refractivity contribution >= 4 is 0 Å². The van der Waals surface area contributed by atoms with Gasteiger partial charge in [-0.25, -0.2) is 0 Å². The standard InChI is InChI=1S/C17H28N2/c1-14(2)12-19(3)13-16-7-5-4-6-15(16)10-11-18-17-8-9-17/h4-7,14,17-18H,8-13H2,1-3H3. The van der Waals surface area contributed by atoms with Crippen molar-refractivity contribution in [2.75, 3.05) is 20.1 Å². The molecule has 1 aromatic carbocycles. The molecule has 0 aliphatic heterocycles. The Morgan fingerprint density at radius 3 is 2.53 bits per heavy atom. The summed E-state index contributed by atoms with van der Waals surface area (Å²) in [6.45, 7) is 7.91. The van der Waals surface area contributed by atoms with Crippen LogP contribution in [0.15, 0.2) is 24.3 Å². The van der Waals surface area contributed by atoms with Crippen LogP contribution in [0.1, 0.15) is 37.8 Å². The number of nitrogens with zero attached hydrogens (tertiary/aromatic N) is 1. The summed E-state index contributed by atoms with van der Waals surface area (Å²) >= 11 is 0. The Morgan fingerprint density at radius 2 is 1.89 bits per heavy atom. The van der Waals surface area contributed by atoms with Crippen LogP contribution in [-0.4, -0.2) is 31.1 Å². The van der Waals surface area contributed by atoms with E-state index in [0.717, 1.165) is 38.0 Å². The minimum Gasteiger partial charge on any atom is -0.314 e. The molecule has 1 N–H and O–H groups in total. The molecule has 0 bridgehead atoms. The van der Waals surface area contributed by atoms with Crippen LogP contribution in [0.5, 0.6) is 0 Å². The van der Waals surface area contributed by atoms with E-state index in [2.05, 4.69) is 55.4 Å². The first-order chi connectivity index (χ1) is 9.15. The van der Waals surface area contributed by atoms with Gasteiger partial charge in [0.1, 0.15) is 0 Å². The van der Waals surface area contributed by atoms with Gasteiger partial charge in [-0.1, -0.05) is 38.1 Å². The van der Waals surface area contributed by atoms with Crippen LogP contribution in [0.2, 0.25) is 0 Å². The van der Waals surface area contributed by atoms with Crippen LogP contribution in [0.3, 0.4) is 0 Å². The summed E-state index contributed by atoms with van der Waals surface area (Å²) in [7, 11) is 2.22. The van der Waals surface area contributed by atoms with Crippen molar-refractivity contribution in [3.63, 3.8) is 0 Å². The fourth-order valence-electron chi connectivity index (χ4n) is 2.63. The van der Waals surface area contributed by atoms with Gasteiger partial charge < -0.3 is 10.2 Å². The molecule has 0 saturated heterocycles. The highest BCUT2D eigenvalue weighted by Crippen LogP contribution is 2.19. The van der Waals surface area contributed by atoms with Gasteiger partial charge in [0, 0.05) is 19.1 Å². The lowest BCUT2D eigenvalue weighted by Crippen LogP contribution is -2.24. The van der Waals surface area contributed by atoms with Gasteiger partial charge in [0.25, 0.3) is 0 Å². The first-order valence-corrected chi connectivity index (χ1v) is 7.64. The molecule has 0 aromatic heterocycles. The monoisotopic (exact) mass is 260 g/mol. The van der Waals surface area contributed by atoms with Crippen LogP contribution in [0.4, 0.5) is 0 Å². The minimum atomic E-state index is 0.730. The zero-order valence-corrected chi connectivity index (χ0v) is 12.7. The maximum Gasteiger partial charge on any atom is 0.0233 e. The molecule has 0 atom stereocenters. The molecule has 0 unspecified atom stereocenters. The number of benzene rings is 1. The summed E-state index contributed by atoms with van der Waals surface area (Å²) in [4.78, 5) is 2.43. The van der Waals surface area contributed by atoms with Crippen molar-refractivity contribution in [2.24, 2.45) is 5.92 Å². The Morgan fingerprint density at radius 1 is 1.21 bits per heavy atom. The predicted molar refractivity (Wildman–Crippen MR) is 82.3 cm³/mol. The fraction of sp³-hybridized carbons (Fsp3) is 0.647. The maximum absolute atomic E-state index is 3.60. The molecular formula is C17H28N2. The lowest BCUT2D eigenvalue weighted by molar-refractivity contribution is 0.287. The summed E-state index contributed by atoms with van der Waals surface area (Å²) in [6.07, 6.45) is 3.90. The van der Waals surface area contributed by atoms with Crippen molar-refractivity contribution in [3.8, 4) is 0 Å². The quantitative estimate of drug-likeness (QED) is 0.773. The summed E-state index contributed by atoms with van der Waals surface area (Å²) in [5.41, 5.74) is 2.99. The molecule has 0 heterocycles. The van der Waals surface area contributed by atoms with E-state index in [1.165, 1.54) is 24.0 Å². The van der Waals surface area contributed by atoms with Crippen LogP contribution < -0.4 is 5.32 Å². The smallest absolute Gasteiger partial charge is 0.0233 e. The summed E-state index contributed by atoms with van der Waals surface area (Å²) in [6, 6.07) is 9.71. The molecule has 2 nitrogen and oxygen atoms in total. The predicted octanol–water partition coefficient (Wildman–Crippen LogP) is 3.07. The average molecular weight is 260 g/mol. The fourth-order valence-corrected chi connectivity index (χ4v) is 2.63. The molecule has 2 rings (SSSR count). The zero-order chi connectivity index (χ0) is 13.7. The second kappa shape index (κ2) is 7.06. The van der Waals surface area contributed by atoms with Crippen LogP contribution >= 0.6 is 0 Å². The van der Waals surface area contributed by atoms with E-state index in [1.807, 2.05) is 0 Å². The van der Waals surface area contributed by atoms with Gasteiger partial charge in [-0.15, -0.1) is 0 Å². The van der Waals surface area contributed by atoms with E-state index in [9.17, 15) is 0 Å². The second-order valence-corrected chi connectivity index (χ2v) is 6.34. The van der Waals surface area contributed by atoms with Gasteiger partial charge in [0.15, 0.2) is 0 Å². The normalized spacial score (nSPS) is 15.4. The lowest BCUT2D eigenvalue weighted by Gasteiger charge is -2.20. The van der Waals surface area contributed by atoms with Gasteiger partial charge in [0.2, 0.25) is 0 Å². The Kier molecular flexibility index (Phi) is 5.41. The number of nitrogens with one attached hydrogen (secondary N) is 1. The molecule has 1 aromatic rings. The Hall–Kier alpha value is -0.860. The summed E-state index contributed by atoms with van der Waals surface area (Å²) in [5, 5.41) is 3.60. The van der Waals surface area contributed by atoms with Crippen LogP contribution in [-0.2, 0) is 13.0 Å². The molecule has 1 aliphatic carbocycles. The first-order valence-electron chi connectivity index (χ1n) is 7.64. The Bertz CT molecular complexity index is 383. The third-order valence-corrected chi connectivity index (χ3v) is 3.64. The van der Waals surface area contributed by atoms with E-state index >= 15 is 0 Å². The number of hydrogen-bond acceptors (Lipinski definition) is 2. The average Bonchev–Trinajstić information content (AvgIpc) is 3.14. The van der Waals surface area contributed by atoms with E-state index in [0.29, 0.717) is 0 Å². The molecule has 19 heavy (non-hydrogen) atoms. The van der Waals surface area contributed by atoms with E-state index in [-0.39, 0.29) is 0 Å². The Labute approximate surface area is 118 Å². The molecule has 1 aliphatic rings. The van der Waals surface area contributed by atoms with Crippen molar-refractivity contribution < 1.29 is 0 Å². The van der Waals surface area contributed by atoms with Crippen LogP contribution in [0.25, 0.3) is 0 Å². The SMILES string of the molecule is CC(C)CN(C)Cc1ccccc1CCNC1CC1. The molecule has 0 spiro atoms. The van der Waals surface area contributed by atoms with Gasteiger partial charge in [0.05, 0.1) is 0 Å². The molecular weight excluding hydrogens is 232 g/mol. The van der Waals surface area contributed by atoms with Gasteiger partial charge in [-0.05, 0) is 49.9 Å². The van der Waals surface area contributed by atoms with E-state index in [1.54, 1.807) is 0 Å². The first kappa shape index (κ1) is 14.5. The second-order valence-electron chi connectivity index (χ2n) is 6.34. The lowest BCUT2D eigenvalue weighted by atomic mass is 10.0. The summed E-state index contributed by atoms with van der Waals surface area (Å²) in [5.74, 6) is 0.730. The highest BCUT2D eigenvalue weighted by Gasteiger charge is 2.19. The largest absolute Gasteiger partial charge is 0.314 e. The van der Waals surface area contributed by atoms with E-state index < -0.39 is 0 Å². The van der Waals surface area contributed by atoms with Crippen molar-refractivity contribution in [3.05, 3.63) is 35.4 Å². The van der Waals surface area contributed by atoms with Gasteiger partial charge >= 0.3 is 0 Å².